The molecule has 0 N–H and O–H groups in total. The lowest BCUT2D eigenvalue weighted by Gasteiger charge is -2.36. The second kappa shape index (κ2) is 5.50. The highest BCUT2D eigenvalue weighted by Crippen LogP contribution is 2.32. The number of nitro groups is 1. The first kappa shape index (κ1) is 13.5. The first-order valence-corrected chi connectivity index (χ1v) is 7.29. The molecule has 0 spiro atoms. The van der Waals surface area contributed by atoms with Crippen molar-refractivity contribution in [3.63, 3.8) is 0 Å². The van der Waals surface area contributed by atoms with Gasteiger partial charge in [0, 0.05) is 31.3 Å². The van der Waals surface area contributed by atoms with Crippen molar-refractivity contribution in [3.05, 3.63) is 39.9 Å². The highest BCUT2D eigenvalue weighted by molar-refractivity contribution is 5.34. The third-order valence-electron chi connectivity index (χ3n) is 4.66. The molecule has 2 atom stereocenters. The summed E-state index contributed by atoms with van der Waals surface area (Å²) in [4.78, 5) is 15.5. The topological polar surface area (TPSA) is 49.6 Å². The zero-order chi connectivity index (χ0) is 14.1. The van der Waals surface area contributed by atoms with Crippen molar-refractivity contribution < 1.29 is 4.92 Å². The minimum Gasteiger partial charge on any atom is -0.306 e. The monoisotopic (exact) mass is 275 g/mol. The quantitative estimate of drug-likeness (QED) is 0.626. The van der Waals surface area contributed by atoms with Crippen LogP contribution in [0.15, 0.2) is 24.3 Å². The summed E-state index contributed by atoms with van der Waals surface area (Å²) in [6.07, 6.45) is 2.47. The average molecular weight is 275 g/mol. The van der Waals surface area contributed by atoms with Crippen molar-refractivity contribution in [1.82, 2.24) is 9.80 Å². The van der Waals surface area contributed by atoms with Gasteiger partial charge in [0.2, 0.25) is 0 Å². The number of likely N-dealkylation sites (tertiary alicyclic amines) is 2. The molecule has 3 rings (SSSR count). The van der Waals surface area contributed by atoms with Gasteiger partial charge in [-0.25, -0.2) is 0 Å². The Morgan fingerprint density at radius 3 is 3.00 bits per heavy atom. The van der Waals surface area contributed by atoms with Crippen molar-refractivity contribution >= 4 is 5.69 Å². The predicted molar refractivity (Wildman–Crippen MR) is 77.5 cm³/mol. The van der Waals surface area contributed by atoms with Gasteiger partial charge in [0.15, 0.2) is 0 Å². The summed E-state index contributed by atoms with van der Waals surface area (Å²) in [6, 6.07) is 7.71. The molecule has 0 unspecified atom stereocenters. The molecule has 1 aromatic rings. The molecule has 0 amide bonds. The van der Waals surface area contributed by atoms with Crippen LogP contribution in [-0.4, -0.2) is 47.4 Å². The molecule has 2 saturated heterocycles. The van der Waals surface area contributed by atoms with E-state index in [1.54, 1.807) is 18.2 Å². The molecule has 1 aromatic carbocycles. The van der Waals surface area contributed by atoms with E-state index in [4.69, 9.17) is 0 Å². The highest BCUT2D eigenvalue weighted by atomic mass is 16.6. The van der Waals surface area contributed by atoms with Crippen LogP contribution in [0, 0.1) is 16.0 Å². The van der Waals surface area contributed by atoms with Crippen LogP contribution >= 0.6 is 0 Å². The van der Waals surface area contributed by atoms with Gasteiger partial charge in [-0.15, -0.1) is 0 Å². The number of hydrogen-bond donors (Lipinski definition) is 0. The SMILES string of the molecule is CN1CC[C@@H]2[C@@H](CCN2Cc2cccc([N+](=O)[O-])c2)C1. The Labute approximate surface area is 119 Å². The zero-order valence-corrected chi connectivity index (χ0v) is 11.9. The average Bonchev–Trinajstić information content (AvgIpc) is 2.81. The summed E-state index contributed by atoms with van der Waals surface area (Å²) < 4.78 is 0. The minimum absolute atomic E-state index is 0.196. The molecule has 0 aromatic heterocycles. The number of hydrogen-bond acceptors (Lipinski definition) is 4. The molecule has 108 valence electrons. The van der Waals surface area contributed by atoms with Gasteiger partial charge in [0.1, 0.15) is 0 Å². The Morgan fingerprint density at radius 1 is 1.35 bits per heavy atom. The molecule has 0 saturated carbocycles. The zero-order valence-electron chi connectivity index (χ0n) is 11.9. The molecule has 0 bridgehead atoms. The molecular weight excluding hydrogens is 254 g/mol. The van der Waals surface area contributed by atoms with Gasteiger partial charge < -0.3 is 4.90 Å². The van der Waals surface area contributed by atoms with E-state index in [0.717, 1.165) is 31.1 Å². The number of nitro benzene ring substituents is 1. The van der Waals surface area contributed by atoms with Crippen molar-refractivity contribution in [2.75, 3.05) is 26.7 Å². The summed E-state index contributed by atoms with van der Waals surface area (Å²) >= 11 is 0. The smallest absolute Gasteiger partial charge is 0.269 e. The summed E-state index contributed by atoms with van der Waals surface area (Å²) in [5.74, 6) is 0.771. The number of benzene rings is 1. The van der Waals surface area contributed by atoms with E-state index in [2.05, 4.69) is 16.8 Å². The van der Waals surface area contributed by atoms with Crippen LogP contribution in [0.1, 0.15) is 18.4 Å². The molecule has 2 heterocycles. The second-order valence-corrected chi connectivity index (χ2v) is 6.06. The fourth-order valence-corrected chi connectivity index (χ4v) is 3.66. The van der Waals surface area contributed by atoms with Crippen LogP contribution < -0.4 is 0 Å². The van der Waals surface area contributed by atoms with Gasteiger partial charge in [0.05, 0.1) is 4.92 Å². The maximum atomic E-state index is 10.8. The molecule has 2 aliphatic rings. The van der Waals surface area contributed by atoms with E-state index in [1.807, 2.05) is 6.07 Å². The van der Waals surface area contributed by atoms with Crippen LogP contribution in [-0.2, 0) is 6.54 Å². The van der Waals surface area contributed by atoms with Crippen molar-refractivity contribution in [2.24, 2.45) is 5.92 Å². The molecule has 2 fully saturated rings. The molecule has 0 radical (unpaired) electrons. The van der Waals surface area contributed by atoms with E-state index in [0.29, 0.717) is 6.04 Å². The third-order valence-corrected chi connectivity index (χ3v) is 4.66. The molecule has 5 nitrogen and oxygen atoms in total. The summed E-state index contributed by atoms with van der Waals surface area (Å²) in [5.41, 5.74) is 1.25. The normalized spacial score (nSPS) is 27.4. The van der Waals surface area contributed by atoms with Gasteiger partial charge in [-0.05, 0) is 44.5 Å². The third kappa shape index (κ3) is 2.69. The second-order valence-electron chi connectivity index (χ2n) is 6.06. The lowest BCUT2D eigenvalue weighted by molar-refractivity contribution is -0.384. The van der Waals surface area contributed by atoms with Crippen LogP contribution in [0.5, 0.6) is 0 Å². The van der Waals surface area contributed by atoms with Crippen LogP contribution in [0.2, 0.25) is 0 Å². The Balaban J connectivity index is 1.69. The Bertz CT molecular complexity index is 506. The molecule has 0 aliphatic carbocycles. The highest BCUT2D eigenvalue weighted by Gasteiger charge is 2.37. The lowest BCUT2D eigenvalue weighted by atomic mass is 9.93. The summed E-state index contributed by atoms with van der Waals surface area (Å²) in [5, 5.41) is 10.8. The number of piperidine rings is 1. The molecular formula is C15H21N3O2. The predicted octanol–water partition coefficient (Wildman–Crippen LogP) is 2.12. The van der Waals surface area contributed by atoms with Gasteiger partial charge in [-0.2, -0.15) is 0 Å². The summed E-state index contributed by atoms with van der Waals surface area (Å²) in [6.45, 7) is 4.31. The van der Waals surface area contributed by atoms with E-state index >= 15 is 0 Å². The maximum Gasteiger partial charge on any atom is 0.269 e. The van der Waals surface area contributed by atoms with Gasteiger partial charge in [-0.3, -0.25) is 15.0 Å². The Hall–Kier alpha value is -1.46. The molecule has 20 heavy (non-hydrogen) atoms. The largest absolute Gasteiger partial charge is 0.306 e. The standard InChI is InChI=1S/C15H21N3O2/c1-16-7-6-15-13(11-16)5-8-17(15)10-12-3-2-4-14(9-12)18(19)20/h2-4,9,13,15H,5-8,10-11H2,1H3/t13-,15+/m0/s1. The van der Waals surface area contributed by atoms with Gasteiger partial charge in [0.25, 0.3) is 5.69 Å². The van der Waals surface area contributed by atoms with E-state index in [9.17, 15) is 10.1 Å². The fraction of sp³-hybridized carbons (Fsp3) is 0.600. The van der Waals surface area contributed by atoms with Crippen LogP contribution in [0.25, 0.3) is 0 Å². The lowest BCUT2D eigenvalue weighted by Crippen LogP contribution is -2.44. The fourth-order valence-electron chi connectivity index (χ4n) is 3.66. The Kier molecular flexibility index (Phi) is 3.72. The van der Waals surface area contributed by atoms with E-state index in [1.165, 1.54) is 19.4 Å². The van der Waals surface area contributed by atoms with Crippen LogP contribution in [0.4, 0.5) is 5.69 Å². The van der Waals surface area contributed by atoms with Crippen molar-refractivity contribution in [1.29, 1.82) is 0 Å². The first-order chi connectivity index (χ1) is 9.63. The van der Waals surface area contributed by atoms with E-state index in [-0.39, 0.29) is 10.6 Å². The number of nitrogens with zero attached hydrogens (tertiary/aromatic N) is 3. The molecule has 5 heteroatoms. The van der Waals surface area contributed by atoms with E-state index < -0.39 is 0 Å². The summed E-state index contributed by atoms with van der Waals surface area (Å²) in [7, 11) is 2.19. The number of non-ortho nitro benzene ring substituents is 1. The molecule has 2 aliphatic heterocycles. The first-order valence-electron chi connectivity index (χ1n) is 7.29. The maximum absolute atomic E-state index is 10.8. The van der Waals surface area contributed by atoms with Crippen LogP contribution in [0.3, 0.4) is 0 Å². The van der Waals surface area contributed by atoms with Gasteiger partial charge in [-0.1, -0.05) is 12.1 Å². The van der Waals surface area contributed by atoms with Gasteiger partial charge >= 0.3 is 0 Å². The van der Waals surface area contributed by atoms with Crippen molar-refractivity contribution in [2.45, 2.75) is 25.4 Å². The Morgan fingerprint density at radius 2 is 2.20 bits per heavy atom. The number of rotatable bonds is 3. The number of fused-ring (bicyclic) bond motifs is 1. The van der Waals surface area contributed by atoms with Crippen molar-refractivity contribution in [3.8, 4) is 0 Å². The minimum atomic E-state index is -0.314.